The van der Waals surface area contributed by atoms with Gasteiger partial charge in [0.15, 0.2) is 0 Å². The van der Waals surface area contributed by atoms with Gasteiger partial charge in [-0.1, -0.05) is 12.8 Å². The summed E-state index contributed by atoms with van der Waals surface area (Å²) in [5, 5.41) is 6.22. The molecule has 1 aromatic carbocycles. The number of hydrogen-bond acceptors (Lipinski definition) is 4. The van der Waals surface area contributed by atoms with Gasteiger partial charge in [0.25, 0.3) is 0 Å². The van der Waals surface area contributed by atoms with Crippen LogP contribution >= 0.6 is 0 Å². The number of amides is 2. The number of hydrogen-bond donors (Lipinski definition) is 2. The maximum Gasteiger partial charge on any atom is 0.226 e. The van der Waals surface area contributed by atoms with Gasteiger partial charge in [-0.25, -0.2) is 4.39 Å². The Morgan fingerprint density at radius 1 is 1.19 bits per heavy atom. The molecule has 1 aromatic rings. The van der Waals surface area contributed by atoms with Crippen LogP contribution in [0.3, 0.4) is 0 Å². The minimum Gasteiger partial charge on any atom is -0.337 e. The van der Waals surface area contributed by atoms with Crippen molar-refractivity contribution in [2.24, 2.45) is 11.8 Å². The Hall–Kier alpha value is -1.99. The first kappa shape index (κ1) is 23.2. The zero-order chi connectivity index (χ0) is 22.7. The van der Waals surface area contributed by atoms with Gasteiger partial charge in [-0.3, -0.25) is 14.5 Å². The largest absolute Gasteiger partial charge is 0.337 e. The van der Waals surface area contributed by atoms with Crippen molar-refractivity contribution >= 4 is 17.5 Å². The Morgan fingerprint density at radius 3 is 2.66 bits per heavy atom. The van der Waals surface area contributed by atoms with Gasteiger partial charge in [0, 0.05) is 50.2 Å². The molecule has 2 amide bonds. The van der Waals surface area contributed by atoms with Crippen LogP contribution in [0, 0.1) is 24.6 Å². The second-order valence-corrected chi connectivity index (χ2v) is 9.95. The fourth-order valence-corrected chi connectivity index (χ4v) is 5.53. The number of nitrogens with one attached hydrogen (secondary N) is 2. The first-order valence-corrected chi connectivity index (χ1v) is 12.2. The monoisotopic (exact) mass is 444 g/mol. The standard InChI is InChI=1S/C25H37FN4O2/c1-17-15-29(9-10-30(17)25(32)20-5-3-4-6-20)16-21-12-22(26)13-23(18(21)2)28-24(31)11-19-7-8-27-14-19/h12-13,17,19-20,27H,3-11,14-16H2,1-2H3,(H,28,31)/t17-,19?/m0/s1. The summed E-state index contributed by atoms with van der Waals surface area (Å²) in [6, 6.07) is 3.15. The molecule has 1 unspecified atom stereocenters. The summed E-state index contributed by atoms with van der Waals surface area (Å²) in [6.07, 6.45) is 5.86. The highest BCUT2D eigenvalue weighted by atomic mass is 19.1. The van der Waals surface area contributed by atoms with Gasteiger partial charge in [0.2, 0.25) is 11.8 Å². The number of benzene rings is 1. The number of carbonyl (C=O) groups is 2. The Labute approximate surface area is 190 Å². The summed E-state index contributed by atoms with van der Waals surface area (Å²) in [7, 11) is 0. The predicted octanol–water partition coefficient (Wildman–Crippen LogP) is 3.30. The van der Waals surface area contributed by atoms with Crippen molar-refractivity contribution in [2.45, 2.75) is 65.0 Å². The lowest BCUT2D eigenvalue weighted by Gasteiger charge is -2.41. The van der Waals surface area contributed by atoms with Crippen LogP contribution in [0.2, 0.25) is 0 Å². The van der Waals surface area contributed by atoms with Gasteiger partial charge in [0.05, 0.1) is 0 Å². The molecule has 3 aliphatic rings. The lowest BCUT2D eigenvalue weighted by molar-refractivity contribution is -0.140. The van der Waals surface area contributed by atoms with E-state index in [1.807, 2.05) is 6.92 Å². The van der Waals surface area contributed by atoms with E-state index in [-0.39, 0.29) is 23.7 Å². The van der Waals surface area contributed by atoms with Crippen LogP contribution in [0.25, 0.3) is 0 Å². The van der Waals surface area contributed by atoms with Crippen molar-refractivity contribution in [3.8, 4) is 0 Å². The van der Waals surface area contributed by atoms with Crippen molar-refractivity contribution in [1.82, 2.24) is 15.1 Å². The molecule has 32 heavy (non-hydrogen) atoms. The zero-order valence-electron chi connectivity index (χ0n) is 19.5. The highest BCUT2D eigenvalue weighted by Crippen LogP contribution is 2.29. The quantitative estimate of drug-likeness (QED) is 0.707. The Morgan fingerprint density at radius 2 is 1.97 bits per heavy atom. The third-order valence-corrected chi connectivity index (χ3v) is 7.48. The van der Waals surface area contributed by atoms with Crippen molar-refractivity contribution in [2.75, 3.05) is 38.0 Å². The Bertz CT molecular complexity index is 833. The van der Waals surface area contributed by atoms with Crippen molar-refractivity contribution in [1.29, 1.82) is 0 Å². The van der Waals surface area contributed by atoms with Crippen LogP contribution in [0.1, 0.15) is 56.6 Å². The van der Waals surface area contributed by atoms with Crippen LogP contribution in [-0.2, 0) is 16.1 Å². The van der Waals surface area contributed by atoms with E-state index < -0.39 is 0 Å². The normalized spacial score (nSPS) is 24.8. The van der Waals surface area contributed by atoms with Crippen LogP contribution in [0.4, 0.5) is 10.1 Å². The number of carbonyl (C=O) groups excluding carboxylic acids is 2. The van der Waals surface area contributed by atoms with E-state index in [9.17, 15) is 14.0 Å². The number of piperazine rings is 1. The molecular weight excluding hydrogens is 407 g/mol. The third-order valence-electron chi connectivity index (χ3n) is 7.48. The van der Waals surface area contributed by atoms with Gasteiger partial charge in [-0.2, -0.15) is 0 Å². The number of halogens is 1. The molecule has 176 valence electrons. The van der Waals surface area contributed by atoms with Gasteiger partial charge in [0.1, 0.15) is 5.82 Å². The maximum atomic E-state index is 14.4. The first-order valence-electron chi connectivity index (χ1n) is 12.2. The van der Waals surface area contributed by atoms with E-state index in [1.54, 1.807) is 6.07 Å². The van der Waals surface area contributed by atoms with Crippen molar-refractivity contribution in [3.63, 3.8) is 0 Å². The SMILES string of the molecule is Cc1c(CN2CCN(C(=O)C3CCCC3)[C@@H](C)C2)cc(F)cc1NC(=O)CC1CCNC1. The average molecular weight is 445 g/mol. The van der Waals surface area contributed by atoms with E-state index >= 15 is 0 Å². The molecule has 1 saturated carbocycles. The number of anilines is 1. The smallest absolute Gasteiger partial charge is 0.226 e. The van der Waals surface area contributed by atoms with Crippen LogP contribution < -0.4 is 10.6 Å². The molecule has 1 aliphatic carbocycles. The molecule has 0 bridgehead atoms. The van der Waals surface area contributed by atoms with Gasteiger partial charge >= 0.3 is 0 Å². The van der Waals surface area contributed by atoms with Gasteiger partial charge < -0.3 is 15.5 Å². The molecule has 2 heterocycles. The summed E-state index contributed by atoms with van der Waals surface area (Å²) in [5.41, 5.74) is 2.38. The molecule has 2 aliphatic heterocycles. The molecule has 0 spiro atoms. The minimum atomic E-state index is -0.327. The summed E-state index contributed by atoms with van der Waals surface area (Å²) in [4.78, 5) is 29.7. The average Bonchev–Trinajstić information content (AvgIpc) is 3.45. The molecule has 0 aromatic heterocycles. The van der Waals surface area contributed by atoms with E-state index in [0.717, 1.165) is 63.1 Å². The number of nitrogens with zero attached hydrogens (tertiary/aromatic N) is 2. The first-order chi connectivity index (χ1) is 15.4. The van der Waals surface area contributed by atoms with E-state index in [4.69, 9.17) is 0 Å². The van der Waals surface area contributed by atoms with E-state index in [2.05, 4.69) is 27.4 Å². The number of rotatable bonds is 6. The maximum absolute atomic E-state index is 14.4. The minimum absolute atomic E-state index is 0.0500. The fraction of sp³-hybridized carbons (Fsp3) is 0.680. The summed E-state index contributed by atoms with van der Waals surface area (Å²) in [5.74, 6) is 0.505. The fourth-order valence-electron chi connectivity index (χ4n) is 5.53. The highest BCUT2D eigenvalue weighted by molar-refractivity contribution is 5.91. The van der Waals surface area contributed by atoms with Gasteiger partial charge in [-0.15, -0.1) is 0 Å². The molecule has 2 saturated heterocycles. The molecule has 0 radical (unpaired) electrons. The third kappa shape index (κ3) is 5.49. The lowest BCUT2D eigenvalue weighted by Crippen LogP contribution is -2.54. The van der Waals surface area contributed by atoms with E-state index in [0.29, 0.717) is 30.5 Å². The second-order valence-electron chi connectivity index (χ2n) is 9.95. The summed E-state index contributed by atoms with van der Waals surface area (Å²) < 4.78 is 14.4. The Kier molecular flexibility index (Phi) is 7.46. The molecular formula is C25H37FN4O2. The van der Waals surface area contributed by atoms with Gasteiger partial charge in [-0.05, 0) is 75.4 Å². The zero-order valence-corrected chi connectivity index (χ0v) is 19.5. The molecule has 2 atom stereocenters. The molecule has 3 fully saturated rings. The molecule has 4 rings (SSSR count). The van der Waals surface area contributed by atoms with Crippen molar-refractivity contribution in [3.05, 3.63) is 29.1 Å². The summed E-state index contributed by atoms with van der Waals surface area (Å²) in [6.45, 7) is 8.80. The van der Waals surface area contributed by atoms with E-state index in [1.165, 1.54) is 18.9 Å². The molecule has 6 nitrogen and oxygen atoms in total. The van der Waals surface area contributed by atoms with Crippen LogP contribution in [0.5, 0.6) is 0 Å². The second kappa shape index (κ2) is 10.3. The predicted molar refractivity (Wildman–Crippen MR) is 124 cm³/mol. The Balaban J connectivity index is 1.36. The van der Waals surface area contributed by atoms with Crippen LogP contribution in [0.15, 0.2) is 12.1 Å². The van der Waals surface area contributed by atoms with Crippen LogP contribution in [-0.4, -0.2) is 60.4 Å². The molecule has 2 N–H and O–H groups in total. The molecule has 7 heteroatoms. The highest BCUT2D eigenvalue weighted by Gasteiger charge is 2.33. The lowest BCUT2D eigenvalue weighted by atomic mass is 10.0. The summed E-state index contributed by atoms with van der Waals surface area (Å²) >= 11 is 0. The van der Waals surface area contributed by atoms with Crippen molar-refractivity contribution < 1.29 is 14.0 Å². The topological polar surface area (TPSA) is 64.7 Å².